The van der Waals surface area contributed by atoms with Gasteiger partial charge in [-0.3, -0.25) is 4.98 Å². The summed E-state index contributed by atoms with van der Waals surface area (Å²) in [5.74, 6) is 0.760. The molecule has 2 aromatic carbocycles. The minimum Gasteiger partial charge on any atom is -0.348 e. The highest BCUT2D eigenvalue weighted by Crippen LogP contribution is 2.28. The van der Waals surface area contributed by atoms with Gasteiger partial charge in [-0.1, -0.05) is 48.5 Å². The Balaban J connectivity index is 1.42. The van der Waals surface area contributed by atoms with Crippen LogP contribution in [0.4, 0.5) is 0 Å². The van der Waals surface area contributed by atoms with E-state index < -0.39 is 0 Å². The van der Waals surface area contributed by atoms with Crippen LogP contribution >= 0.6 is 0 Å². The summed E-state index contributed by atoms with van der Waals surface area (Å²) >= 11 is 0. The molecule has 0 aliphatic carbocycles. The van der Waals surface area contributed by atoms with Gasteiger partial charge in [-0.05, 0) is 53.8 Å². The van der Waals surface area contributed by atoms with E-state index in [0.29, 0.717) is 0 Å². The van der Waals surface area contributed by atoms with Crippen molar-refractivity contribution in [3.8, 4) is 33.9 Å². The maximum atomic E-state index is 4.77. The lowest BCUT2D eigenvalue weighted by Gasteiger charge is -2.07. The molecule has 2 aliphatic heterocycles. The van der Waals surface area contributed by atoms with Gasteiger partial charge in [-0.25, -0.2) is 9.97 Å². The fourth-order valence-corrected chi connectivity index (χ4v) is 3.61. The Morgan fingerprint density at radius 1 is 0.767 bits per heavy atom. The molecule has 0 spiro atoms. The summed E-state index contributed by atoms with van der Waals surface area (Å²) in [7, 11) is 0. The van der Waals surface area contributed by atoms with E-state index in [4.69, 9.17) is 9.97 Å². The Morgan fingerprint density at radius 2 is 1.53 bits per heavy atom. The molecule has 0 saturated carbocycles. The van der Waals surface area contributed by atoms with Crippen LogP contribution in [0.2, 0.25) is 0 Å². The number of hydrogen-bond donors (Lipinski definition) is 0. The van der Waals surface area contributed by atoms with Crippen molar-refractivity contribution in [1.29, 1.82) is 0 Å². The zero-order valence-corrected chi connectivity index (χ0v) is 17.1. The third-order valence-corrected chi connectivity index (χ3v) is 5.50. The number of fused-ring (bicyclic) bond motifs is 1. The maximum absolute atomic E-state index is 4.77. The van der Waals surface area contributed by atoms with Gasteiger partial charge < -0.3 is 4.57 Å². The lowest BCUT2D eigenvalue weighted by molar-refractivity contribution is 0.786. The molecule has 3 heterocycles. The molecule has 0 N–H and O–H groups in total. The molecule has 0 amide bonds. The fraction of sp³-hybridized carbons (Fsp3) is 0.115. The minimum absolute atomic E-state index is 0.760. The Hall–Kier alpha value is -3.79. The van der Waals surface area contributed by atoms with E-state index in [9.17, 15) is 0 Å². The Morgan fingerprint density at radius 3 is 2.30 bits per heavy atom. The molecule has 0 saturated heterocycles. The molecule has 0 radical (unpaired) electrons. The van der Waals surface area contributed by atoms with Crippen LogP contribution in [0, 0.1) is 13.8 Å². The van der Waals surface area contributed by atoms with Gasteiger partial charge in [0.2, 0.25) is 0 Å². The number of aryl methyl sites for hydroxylation is 2. The number of aromatic nitrogens is 4. The summed E-state index contributed by atoms with van der Waals surface area (Å²) in [6, 6.07) is 21.1. The molecule has 4 nitrogen and oxygen atoms in total. The second-order valence-corrected chi connectivity index (χ2v) is 7.67. The second-order valence-electron chi connectivity index (χ2n) is 7.67. The van der Waals surface area contributed by atoms with Crippen LogP contribution in [0.25, 0.3) is 33.9 Å². The number of benzene rings is 2. The normalized spacial score (nSPS) is 11.1. The first-order valence-electron chi connectivity index (χ1n) is 10.1. The Bertz CT molecular complexity index is 1270. The Labute approximate surface area is 176 Å². The number of hydrogen-bond acceptors (Lipinski definition) is 3. The van der Waals surface area contributed by atoms with Gasteiger partial charge in [-0.2, -0.15) is 0 Å². The van der Waals surface area contributed by atoms with E-state index in [1.807, 2.05) is 30.7 Å². The topological polar surface area (TPSA) is 43.6 Å². The molecule has 1 aromatic heterocycles. The van der Waals surface area contributed by atoms with Crippen LogP contribution in [0.5, 0.6) is 0 Å². The predicted octanol–water partition coefficient (Wildman–Crippen LogP) is 5.78. The number of rotatable bonds is 4. The second kappa shape index (κ2) is 7.56. The van der Waals surface area contributed by atoms with Crippen LogP contribution in [-0.4, -0.2) is 19.5 Å². The SMILES string of the molecule is Cc1ccc(-c2ccc(-c3nc4ccn(Cc5cccnc5)cc-4n3)cc2)cc1C. The van der Waals surface area contributed by atoms with Crippen molar-refractivity contribution in [3.05, 3.63) is 102 Å². The predicted molar refractivity (Wildman–Crippen MR) is 120 cm³/mol. The number of imidazole rings is 1. The van der Waals surface area contributed by atoms with Crippen molar-refractivity contribution in [1.82, 2.24) is 19.5 Å². The monoisotopic (exact) mass is 390 g/mol. The van der Waals surface area contributed by atoms with Gasteiger partial charge >= 0.3 is 0 Å². The van der Waals surface area contributed by atoms with Gasteiger partial charge in [0.05, 0.1) is 5.69 Å². The smallest absolute Gasteiger partial charge is 0.160 e. The molecule has 30 heavy (non-hydrogen) atoms. The van der Waals surface area contributed by atoms with E-state index in [2.05, 4.69) is 71.9 Å². The van der Waals surface area contributed by atoms with Crippen LogP contribution in [0.15, 0.2) is 85.5 Å². The lowest BCUT2D eigenvalue weighted by atomic mass is 9.99. The summed E-state index contributed by atoms with van der Waals surface area (Å²) in [5.41, 5.74) is 9.04. The molecule has 3 aromatic rings. The number of pyridine rings is 2. The van der Waals surface area contributed by atoms with Crippen LogP contribution in [0.1, 0.15) is 16.7 Å². The molecular formula is C26H22N4. The third-order valence-electron chi connectivity index (χ3n) is 5.50. The maximum Gasteiger partial charge on any atom is 0.160 e. The molecule has 4 heteroatoms. The highest BCUT2D eigenvalue weighted by atomic mass is 15.0. The van der Waals surface area contributed by atoms with Crippen molar-refractivity contribution in [2.75, 3.05) is 0 Å². The first-order valence-corrected chi connectivity index (χ1v) is 10.1. The van der Waals surface area contributed by atoms with Gasteiger partial charge in [0.1, 0.15) is 5.69 Å². The quantitative estimate of drug-likeness (QED) is 0.391. The molecule has 146 valence electrons. The summed E-state index contributed by atoms with van der Waals surface area (Å²) in [6.07, 6.45) is 7.76. The van der Waals surface area contributed by atoms with E-state index in [0.717, 1.165) is 34.9 Å². The average Bonchev–Trinajstić information content (AvgIpc) is 3.20. The van der Waals surface area contributed by atoms with E-state index in [-0.39, 0.29) is 0 Å². The first kappa shape index (κ1) is 18.3. The summed E-state index contributed by atoms with van der Waals surface area (Å²) < 4.78 is 2.11. The molecule has 0 fully saturated rings. The summed E-state index contributed by atoms with van der Waals surface area (Å²) in [5, 5.41) is 0. The van der Waals surface area contributed by atoms with Crippen molar-refractivity contribution < 1.29 is 0 Å². The summed E-state index contributed by atoms with van der Waals surface area (Å²) in [6.45, 7) is 5.05. The summed E-state index contributed by atoms with van der Waals surface area (Å²) in [4.78, 5) is 13.7. The minimum atomic E-state index is 0.760. The van der Waals surface area contributed by atoms with Gasteiger partial charge in [0, 0.05) is 36.9 Å². The molecule has 0 unspecified atom stereocenters. The van der Waals surface area contributed by atoms with Crippen molar-refractivity contribution in [3.63, 3.8) is 0 Å². The van der Waals surface area contributed by atoms with Gasteiger partial charge in [0.25, 0.3) is 0 Å². The van der Waals surface area contributed by atoms with Crippen LogP contribution in [0.3, 0.4) is 0 Å². The molecular weight excluding hydrogens is 368 g/mol. The number of nitrogens with zero attached hydrogens (tertiary/aromatic N) is 4. The Kier molecular flexibility index (Phi) is 4.60. The standard InChI is InChI=1S/C26H22N4/c1-18-5-6-23(14-19(18)2)21-7-9-22(10-8-21)26-28-24-11-13-30(17-25(24)29-26)16-20-4-3-12-27-15-20/h3-15,17H,16H2,1-2H3. The van der Waals surface area contributed by atoms with E-state index in [1.165, 1.54) is 22.3 Å². The molecule has 2 aliphatic rings. The van der Waals surface area contributed by atoms with Crippen LogP contribution < -0.4 is 0 Å². The van der Waals surface area contributed by atoms with E-state index in [1.54, 1.807) is 6.20 Å². The third kappa shape index (κ3) is 3.60. The largest absolute Gasteiger partial charge is 0.348 e. The van der Waals surface area contributed by atoms with Crippen LogP contribution in [-0.2, 0) is 6.54 Å². The van der Waals surface area contributed by atoms with Crippen molar-refractivity contribution >= 4 is 0 Å². The van der Waals surface area contributed by atoms with Crippen molar-refractivity contribution in [2.24, 2.45) is 0 Å². The highest BCUT2D eigenvalue weighted by molar-refractivity contribution is 5.71. The molecule has 0 bridgehead atoms. The zero-order chi connectivity index (χ0) is 20.5. The molecule has 0 atom stereocenters. The van der Waals surface area contributed by atoms with Gasteiger partial charge in [0.15, 0.2) is 5.82 Å². The first-order chi connectivity index (χ1) is 14.7. The zero-order valence-electron chi connectivity index (χ0n) is 17.1. The molecule has 5 rings (SSSR count). The van der Waals surface area contributed by atoms with Gasteiger partial charge in [-0.15, -0.1) is 0 Å². The van der Waals surface area contributed by atoms with Crippen molar-refractivity contribution in [2.45, 2.75) is 20.4 Å². The highest BCUT2D eigenvalue weighted by Gasteiger charge is 2.13. The average molecular weight is 390 g/mol. The fourth-order valence-electron chi connectivity index (χ4n) is 3.61. The lowest BCUT2D eigenvalue weighted by Crippen LogP contribution is -2.01. The van der Waals surface area contributed by atoms with E-state index >= 15 is 0 Å².